The Kier molecular flexibility index (Phi) is 4.87. The lowest BCUT2D eigenvalue weighted by atomic mass is 9.96. The smallest absolute Gasteiger partial charge is 0.213 e. The van der Waals surface area contributed by atoms with Gasteiger partial charge >= 0.3 is 0 Å². The van der Waals surface area contributed by atoms with Crippen LogP contribution in [0.15, 0.2) is 76.3 Å². The molecule has 0 fully saturated rings. The van der Waals surface area contributed by atoms with Crippen molar-refractivity contribution in [1.82, 2.24) is 5.01 Å². The van der Waals surface area contributed by atoms with E-state index in [-0.39, 0.29) is 12.3 Å². The van der Waals surface area contributed by atoms with E-state index in [0.29, 0.717) is 0 Å². The molecule has 0 aromatic heterocycles. The first-order chi connectivity index (χ1) is 14.7. The van der Waals surface area contributed by atoms with Gasteiger partial charge in [-0.15, -0.1) is 0 Å². The van der Waals surface area contributed by atoms with Gasteiger partial charge in [0, 0.05) is 27.6 Å². The van der Waals surface area contributed by atoms with Crippen molar-refractivity contribution in [2.75, 3.05) is 14.2 Å². The Morgan fingerprint density at radius 3 is 2.53 bits per heavy atom. The molecule has 5 rings (SSSR count). The third-order valence-electron chi connectivity index (χ3n) is 5.56. The van der Waals surface area contributed by atoms with Gasteiger partial charge in [0.1, 0.15) is 17.2 Å². The summed E-state index contributed by atoms with van der Waals surface area (Å²) in [5.41, 5.74) is 4.25. The van der Waals surface area contributed by atoms with Gasteiger partial charge in [0.2, 0.25) is 6.23 Å². The molecule has 2 atom stereocenters. The van der Waals surface area contributed by atoms with Gasteiger partial charge in [0.05, 0.1) is 26.0 Å². The number of hydrazone groups is 1. The van der Waals surface area contributed by atoms with Gasteiger partial charge in [-0.3, -0.25) is 0 Å². The first-order valence-electron chi connectivity index (χ1n) is 9.76. The number of nitrogens with zero attached hydrogens (tertiary/aromatic N) is 2. The van der Waals surface area contributed by atoms with Gasteiger partial charge in [-0.2, -0.15) is 5.10 Å². The van der Waals surface area contributed by atoms with Crippen LogP contribution in [0.4, 0.5) is 0 Å². The maximum absolute atomic E-state index is 6.42. The zero-order valence-corrected chi connectivity index (χ0v) is 18.3. The van der Waals surface area contributed by atoms with Crippen LogP contribution in [0.1, 0.15) is 35.4 Å². The van der Waals surface area contributed by atoms with Crippen LogP contribution >= 0.6 is 15.9 Å². The van der Waals surface area contributed by atoms with Crippen LogP contribution in [-0.4, -0.2) is 24.9 Å². The van der Waals surface area contributed by atoms with E-state index in [9.17, 15) is 0 Å². The van der Waals surface area contributed by atoms with E-state index in [4.69, 9.17) is 19.3 Å². The Balaban J connectivity index is 1.58. The van der Waals surface area contributed by atoms with E-state index in [1.807, 2.05) is 54.6 Å². The number of hydrogen-bond donors (Lipinski definition) is 0. The monoisotopic (exact) mass is 464 g/mol. The second-order valence-electron chi connectivity index (χ2n) is 7.30. The van der Waals surface area contributed by atoms with E-state index < -0.39 is 0 Å². The SMILES string of the molecule is COc1ccc([C@H]2Oc3ccc(Br)cc3[C@H]3CC(c4cccc(OC)c4)=NN32)cc1. The molecule has 0 aliphatic carbocycles. The molecule has 0 radical (unpaired) electrons. The molecule has 5 nitrogen and oxygen atoms in total. The van der Waals surface area contributed by atoms with Crippen LogP contribution < -0.4 is 14.2 Å². The predicted octanol–water partition coefficient (Wildman–Crippen LogP) is 5.71. The molecule has 3 aromatic carbocycles. The summed E-state index contributed by atoms with van der Waals surface area (Å²) in [5.74, 6) is 2.53. The predicted molar refractivity (Wildman–Crippen MR) is 119 cm³/mol. The van der Waals surface area contributed by atoms with E-state index in [2.05, 4.69) is 33.1 Å². The second kappa shape index (κ2) is 7.69. The number of hydrogen-bond acceptors (Lipinski definition) is 5. The number of benzene rings is 3. The molecule has 6 heteroatoms. The average molecular weight is 465 g/mol. The normalized spacial score (nSPS) is 19.4. The molecule has 0 unspecified atom stereocenters. The van der Waals surface area contributed by atoms with Gasteiger partial charge in [-0.1, -0.05) is 28.1 Å². The molecule has 3 aromatic rings. The summed E-state index contributed by atoms with van der Waals surface area (Å²) >= 11 is 3.60. The topological polar surface area (TPSA) is 43.3 Å². The lowest BCUT2D eigenvalue weighted by Crippen LogP contribution is -2.33. The van der Waals surface area contributed by atoms with E-state index in [0.717, 1.165) is 50.5 Å². The number of rotatable bonds is 4. The maximum Gasteiger partial charge on any atom is 0.213 e. The first-order valence-corrected chi connectivity index (χ1v) is 10.6. The van der Waals surface area contributed by atoms with Crippen LogP contribution in [-0.2, 0) is 0 Å². The van der Waals surface area contributed by atoms with Crippen molar-refractivity contribution in [3.05, 3.63) is 87.9 Å². The van der Waals surface area contributed by atoms with Crippen LogP contribution in [0.25, 0.3) is 0 Å². The fraction of sp³-hybridized carbons (Fsp3) is 0.208. The summed E-state index contributed by atoms with van der Waals surface area (Å²) < 4.78 is 18.2. The quantitative estimate of drug-likeness (QED) is 0.495. The lowest BCUT2D eigenvalue weighted by Gasteiger charge is -2.38. The highest BCUT2D eigenvalue weighted by Gasteiger charge is 2.41. The summed E-state index contributed by atoms with van der Waals surface area (Å²) in [6.45, 7) is 0. The Morgan fingerprint density at radius 2 is 1.77 bits per heavy atom. The van der Waals surface area contributed by atoms with Crippen molar-refractivity contribution in [2.45, 2.75) is 18.7 Å². The molecule has 0 spiro atoms. The molecule has 0 saturated carbocycles. The Hall–Kier alpha value is -2.99. The Morgan fingerprint density at radius 1 is 0.967 bits per heavy atom. The van der Waals surface area contributed by atoms with E-state index in [1.54, 1.807) is 14.2 Å². The minimum Gasteiger partial charge on any atom is -0.497 e. The van der Waals surface area contributed by atoms with Crippen LogP contribution in [0.3, 0.4) is 0 Å². The molecule has 0 amide bonds. The third kappa shape index (κ3) is 3.31. The largest absolute Gasteiger partial charge is 0.497 e. The van der Waals surface area contributed by atoms with Gasteiger partial charge in [-0.25, -0.2) is 5.01 Å². The zero-order valence-electron chi connectivity index (χ0n) is 16.7. The van der Waals surface area contributed by atoms with Gasteiger partial charge in [0.15, 0.2) is 0 Å². The van der Waals surface area contributed by atoms with Crippen molar-refractivity contribution in [3.63, 3.8) is 0 Å². The third-order valence-corrected chi connectivity index (χ3v) is 6.05. The molecule has 2 heterocycles. The molecule has 2 aliphatic heterocycles. The fourth-order valence-electron chi connectivity index (χ4n) is 4.02. The van der Waals surface area contributed by atoms with Crippen molar-refractivity contribution in [3.8, 4) is 17.2 Å². The van der Waals surface area contributed by atoms with Crippen molar-refractivity contribution in [1.29, 1.82) is 0 Å². The standard InChI is InChI=1S/C24H21BrN2O3/c1-28-18-9-6-15(7-10-18)24-27-22(20-13-17(25)8-11-23(20)30-24)14-21(26-27)16-4-3-5-19(12-16)29-2/h3-13,22,24H,14H2,1-2H3/t22-,24-/m1/s1. The highest BCUT2D eigenvalue weighted by molar-refractivity contribution is 9.10. The van der Waals surface area contributed by atoms with Crippen molar-refractivity contribution in [2.24, 2.45) is 5.10 Å². The summed E-state index contributed by atoms with van der Waals surface area (Å²) in [6, 6.07) is 22.3. The Bertz CT molecular complexity index is 1110. The van der Waals surface area contributed by atoms with Crippen molar-refractivity contribution < 1.29 is 14.2 Å². The molecule has 30 heavy (non-hydrogen) atoms. The van der Waals surface area contributed by atoms with E-state index >= 15 is 0 Å². The maximum atomic E-state index is 6.42. The molecule has 0 saturated heterocycles. The number of fused-ring (bicyclic) bond motifs is 3. The summed E-state index contributed by atoms with van der Waals surface area (Å²) in [7, 11) is 3.35. The summed E-state index contributed by atoms with van der Waals surface area (Å²) in [4.78, 5) is 0. The van der Waals surface area contributed by atoms with Gasteiger partial charge in [-0.05, 0) is 54.6 Å². The molecule has 2 aliphatic rings. The second-order valence-corrected chi connectivity index (χ2v) is 8.22. The fourth-order valence-corrected chi connectivity index (χ4v) is 4.40. The molecule has 152 valence electrons. The zero-order chi connectivity index (χ0) is 20.7. The van der Waals surface area contributed by atoms with E-state index in [1.165, 1.54) is 0 Å². The minimum atomic E-state index is -0.308. The Labute approximate surface area is 184 Å². The molecular formula is C24H21BrN2O3. The average Bonchev–Trinajstić information content (AvgIpc) is 3.25. The van der Waals surface area contributed by atoms with Crippen LogP contribution in [0.2, 0.25) is 0 Å². The molecule has 0 bridgehead atoms. The minimum absolute atomic E-state index is 0.0968. The first kappa shape index (κ1) is 19.0. The number of halogens is 1. The summed E-state index contributed by atoms with van der Waals surface area (Å²) in [6.07, 6.45) is 0.491. The number of methoxy groups -OCH3 is 2. The van der Waals surface area contributed by atoms with Gasteiger partial charge < -0.3 is 14.2 Å². The van der Waals surface area contributed by atoms with Gasteiger partial charge in [0.25, 0.3) is 0 Å². The van der Waals surface area contributed by atoms with Crippen LogP contribution in [0, 0.1) is 0 Å². The molecular weight excluding hydrogens is 444 g/mol. The highest BCUT2D eigenvalue weighted by Crippen LogP contribution is 2.48. The van der Waals surface area contributed by atoms with Crippen LogP contribution in [0.5, 0.6) is 17.2 Å². The highest BCUT2D eigenvalue weighted by atomic mass is 79.9. The lowest BCUT2D eigenvalue weighted by molar-refractivity contribution is -0.0191. The van der Waals surface area contributed by atoms with Crippen molar-refractivity contribution >= 4 is 21.6 Å². The summed E-state index contributed by atoms with van der Waals surface area (Å²) in [5, 5.41) is 7.08. The molecule has 0 N–H and O–H groups in total. The number of ether oxygens (including phenoxy) is 3.